The van der Waals surface area contributed by atoms with Crippen molar-refractivity contribution < 1.29 is 9.50 Å². The van der Waals surface area contributed by atoms with Crippen molar-refractivity contribution in [1.82, 2.24) is 10.6 Å². The summed E-state index contributed by atoms with van der Waals surface area (Å²) in [5.74, 6) is 1.30. The average Bonchev–Trinajstić information content (AvgIpc) is 2.67. The summed E-state index contributed by atoms with van der Waals surface area (Å²) >= 11 is 0. The van der Waals surface area contributed by atoms with Crippen molar-refractivity contribution in [3.63, 3.8) is 0 Å². The van der Waals surface area contributed by atoms with E-state index in [1.807, 2.05) is 24.0 Å². The highest BCUT2D eigenvalue weighted by atomic mass is 127. The molecule has 30 heavy (non-hydrogen) atoms. The van der Waals surface area contributed by atoms with Gasteiger partial charge in [0.2, 0.25) is 0 Å². The Kier molecular flexibility index (Phi) is 12.6. The number of benzene rings is 1. The molecule has 1 heterocycles. The van der Waals surface area contributed by atoms with Crippen LogP contribution in [0.15, 0.2) is 23.2 Å². The van der Waals surface area contributed by atoms with E-state index in [9.17, 15) is 9.50 Å². The van der Waals surface area contributed by atoms with Gasteiger partial charge in [-0.3, -0.25) is 0 Å². The van der Waals surface area contributed by atoms with Gasteiger partial charge in [0.15, 0.2) is 5.96 Å². The van der Waals surface area contributed by atoms with E-state index in [0.717, 1.165) is 30.4 Å². The highest BCUT2D eigenvalue weighted by Crippen LogP contribution is 2.24. The number of nitrogens with one attached hydrogen (secondary N) is 2. The summed E-state index contributed by atoms with van der Waals surface area (Å²) in [6, 6.07) is 5.72. The van der Waals surface area contributed by atoms with Gasteiger partial charge in [-0.2, -0.15) is 0 Å². The van der Waals surface area contributed by atoms with Crippen molar-refractivity contribution in [2.24, 2.45) is 10.9 Å². The topological polar surface area (TPSA) is 59.9 Å². The molecule has 3 N–H and O–H groups in total. The summed E-state index contributed by atoms with van der Waals surface area (Å²) < 4.78 is 14.6. The quantitative estimate of drug-likeness (QED) is 0.245. The molecule has 2 rings (SSSR count). The Morgan fingerprint density at radius 1 is 1.23 bits per heavy atom. The highest BCUT2D eigenvalue weighted by Gasteiger charge is 2.19. The van der Waals surface area contributed by atoms with E-state index in [1.165, 1.54) is 12.8 Å². The number of hydrogen-bond donors (Lipinski definition) is 3. The molecular formula is C23H40FIN4O. The van der Waals surface area contributed by atoms with E-state index in [2.05, 4.69) is 36.4 Å². The Morgan fingerprint density at radius 3 is 2.53 bits per heavy atom. The molecule has 0 radical (unpaired) electrons. The van der Waals surface area contributed by atoms with Crippen molar-refractivity contribution in [3.05, 3.63) is 29.6 Å². The molecule has 0 aromatic heterocycles. The minimum atomic E-state index is -0.257. The normalized spacial score (nSPS) is 16.4. The zero-order chi connectivity index (χ0) is 21.2. The van der Waals surface area contributed by atoms with Crippen molar-refractivity contribution in [3.8, 4) is 0 Å². The zero-order valence-corrected chi connectivity index (χ0v) is 21.3. The molecule has 1 aliphatic rings. The lowest BCUT2D eigenvalue weighted by Crippen LogP contribution is -2.42. The predicted molar refractivity (Wildman–Crippen MR) is 135 cm³/mol. The van der Waals surface area contributed by atoms with E-state index < -0.39 is 0 Å². The van der Waals surface area contributed by atoms with Gasteiger partial charge in [0, 0.05) is 25.7 Å². The fourth-order valence-corrected chi connectivity index (χ4v) is 3.64. The van der Waals surface area contributed by atoms with Gasteiger partial charge in [0.05, 0.1) is 18.3 Å². The second-order valence-corrected chi connectivity index (χ2v) is 8.57. The SMILES string of the molecule is CCNC(=NCc1ccc(N2CCC(O)CC2)c(F)c1)NC(C)CCCC(C)C.I. The van der Waals surface area contributed by atoms with E-state index >= 15 is 0 Å². The molecule has 0 bridgehead atoms. The van der Waals surface area contributed by atoms with Crippen LogP contribution in [0.2, 0.25) is 0 Å². The molecule has 0 amide bonds. The molecule has 1 atom stereocenters. The van der Waals surface area contributed by atoms with Crippen LogP contribution < -0.4 is 15.5 Å². The maximum absolute atomic E-state index is 14.6. The molecule has 1 saturated heterocycles. The van der Waals surface area contributed by atoms with Gasteiger partial charge in [-0.15, -0.1) is 24.0 Å². The largest absolute Gasteiger partial charge is 0.393 e. The van der Waals surface area contributed by atoms with Gasteiger partial charge < -0.3 is 20.6 Å². The maximum atomic E-state index is 14.6. The summed E-state index contributed by atoms with van der Waals surface area (Å²) in [6.45, 7) is 11.3. The summed E-state index contributed by atoms with van der Waals surface area (Å²) in [5, 5.41) is 16.4. The lowest BCUT2D eigenvalue weighted by molar-refractivity contribution is 0.145. The van der Waals surface area contributed by atoms with Gasteiger partial charge in [-0.1, -0.05) is 32.8 Å². The van der Waals surface area contributed by atoms with Crippen molar-refractivity contribution in [1.29, 1.82) is 0 Å². The molecule has 1 aliphatic heterocycles. The third-order valence-corrected chi connectivity index (χ3v) is 5.38. The number of halogens is 2. The number of aliphatic imine (C=N–C) groups is 1. The Morgan fingerprint density at radius 2 is 1.93 bits per heavy atom. The van der Waals surface area contributed by atoms with Crippen molar-refractivity contribution in [2.75, 3.05) is 24.5 Å². The smallest absolute Gasteiger partial charge is 0.191 e. The van der Waals surface area contributed by atoms with Crippen LogP contribution in [0.4, 0.5) is 10.1 Å². The molecule has 172 valence electrons. The first-order valence-electron chi connectivity index (χ1n) is 11.1. The first kappa shape index (κ1) is 26.9. The molecule has 7 heteroatoms. The van der Waals surface area contributed by atoms with Crippen LogP contribution >= 0.6 is 24.0 Å². The molecule has 1 fully saturated rings. The number of aliphatic hydroxyl groups excluding tert-OH is 1. The number of hydrogen-bond acceptors (Lipinski definition) is 3. The number of piperidine rings is 1. The van der Waals surface area contributed by atoms with Gasteiger partial charge >= 0.3 is 0 Å². The van der Waals surface area contributed by atoms with Crippen LogP contribution in [0.25, 0.3) is 0 Å². The standard InChI is InChI=1S/C23H39FN4O.HI/c1-5-25-23(27-18(4)8-6-7-17(2)3)26-16-19-9-10-22(21(24)15-19)28-13-11-20(29)12-14-28;/h9-10,15,17-18,20,29H,5-8,11-14,16H2,1-4H3,(H2,25,26,27);1H. The molecular weight excluding hydrogens is 494 g/mol. The summed E-state index contributed by atoms with van der Waals surface area (Å²) in [7, 11) is 0. The molecule has 1 unspecified atom stereocenters. The molecule has 5 nitrogen and oxygen atoms in total. The van der Waals surface area contributed by atoms with Crippen LogP contribution in [0.5, 0.6) is 0 Å². The molecule has 0 saturated carbocycles. The van der Waals surface area contributed by atoms with Gasteiger partial charge in [0.1, 0.15) is 5.82 Å². The molecule has 1 aromatic rings. The van der Waals surface area contributed by atoms with E-state index in [4.69, 9.17) is 0 Å². The lowest BCUT2D eigenvalue weighted by atomic mass is 10.0. The van der Waals surface area contributed by atoms with Gasteiger partial charge in [-0.25, -0.2) is 9.38 Å². The number of aliphatic hydroxyl groups is 1. The Labute approximate surface area is 198 Å². The average molecular weight is 535 g/mol. The van der Waals surface area contributed by atoms with Gasteiger partial charge in [0.25, 0.3) is 0 Å². The minimum absolute atomic E-state index is 0. The first-order valence-corrected chi connectivity index (χ1v) is 11.1. The number of anilines is 1. The number of guanidine groups is 1. The summed E-state index contributed by atoms with van der Waals surface area (Å²) in [4.78, 5) is 6.65. The highest BCUT2D eigenvalue weighted by molar-refractivity contribution is 14.0. The van der Waals surface area contributed by atoms with Crippen LogP contribution in [-0.2, 0) is 6.54 Å². The minimum Gasteiger partial charge on any atom is -0.393 e. The van der Waals surface area contributed by atoms with E-state index in [0.29, 0.717) is 44.2 Å². The van der Waals surface area contributed by atoms with E-state index in [1.54, 1.807) is 6.07 Å². The van der Waals surface area contributed by atoms with Gasteiger partial charge in [-0.05, 0) is 56.7 Å². The maximum Gasteiger partial charge on any atom is 0.191 e. The van der Waals surface area contributed by atoms with Crippen LogP contribution in [-0.4, -0.2) is 42.8 Å². The molecule has 0 aliphatic carbocycles. The molecule has 0 spiro atoms. The van der Waals surface area contributed by atoms with Crippen molar-refractivity contribution in [2.45, 2.75) is 78.5 Å². The summed E-state index contributed by atoms with van der Waals surface area (Å²) in [6.07, 6.45) is 4.67. The Balaban J connectivity index is 0.00000450. The summed E-state index contributed by atoms with van der Waals surface area (Å²) in [5.41, 5.74) is 1.47. The third kappa shape index (κ3) is 9.37. The fourth-order valence-electron chi connectivity index (χ4n) is 3.64. The first-order chi connectivity index (χ1) is 13.9. The Hall–Kier alpha value is -1.09. The van der Waals surface area contributed by atoms with Crippen LogP contribution in [0.3, 0.4) is 0 Å². The molecule has 1 aromatic carbocycles. The monoisotopic (exact) mass is 534 g/mol. The van der Waals surface area contributed by atoms with Crippen LogP contribution in [0.1, 0.15) is 65.4 Å². The fraction of sp³-hybridized carbons (Fsp3) is 0.696. The number of rotatable bonds is 9. The predicted octanol–water partition coefficient (Wildman–Crippen LogP) is 4.67. The second kappa shape index (κ2) is 14.1. The van der Waals surface area contributed by atoms with E-state index in [-0.39, 0.29) is 35.9 Å². The lowest BCUT2D eigenvalue weighted by Gasteiger charge is -2.31. The zero-order valence-electron chi connectivity index (χ0n) is 19.0. The third-order valence-electron chi connectivity index (χ3n) is 5.38. The second-order valence-electron chi connectivity index (χ2n) is 8.57. The van der Waals surface area contributed by atoms with Crippen molar-refractivity contribution >= 4 is 35.6 Å². The Bertz CT molecular complexity index is 648. The van der Waals surface area contributed by atoms with Crippen LogP contribution in [0, 0.1) is 11.7 Å². The number of nitrogens with zero attached hydrogens (tertiary/aromatic N) is 2.